The topological polar surface area (TPSA) is 63.7 Å². The number of carbonyl (C=O) groups excluding carboxylic acids is 1. The van der Waals surface area contributed by atoms with Crippen molar-refractivity contribution in [2.75, 3.05) is 12.9 Å². The quantitative estimate of drug-likeness (QED) is 0.488. The number of methoxy groups -OCH3 is 1. The van der Waals surface area contributed by atoms with E-state index in [0.29, 0.717) is 11.6 Å². The predicted molar refractivity (Wildman–Crippen MR) is 123 cm³/mol. The molecular formula is C23H29NO4SSi. The van der Waals surface area contributed by atoms with Crippen LogP contribution in [-0.2, 0) is 26.1 Å². The van der Waals surface area contributed by atoms with E-state index in [-0.39, 0.29) is 12.3 Å². The second-order valence-corrected chi connectivity index (χ2v) is 16.4. The predicted octanol–water partition coefficient (Wildman–Crippen LogP) is 4.47. The van der Waals surface area contributed by atoms with E-state index in [1.165, 1.54) is 11.4 Å². The van der Waals surface area contributed by atoms with Crippen LogP contribution in [0.1, 0.15) is 22.7 Å². The molecule has 1 aliphatic heterocycles. The minimum atomic E-state index is -3.64. The Kier molecular flexibility index (Phi) is 6.64. The molecule has 0 spiro atoms. The molecular weight excluding hydrogens is 414 g/mol. The maximum atomic E-state index is 13.6. The molecule has 0 bridgehead atoms. The van der Waals surface area contributed by atoms with Crippen LogP contribution in [0.3, 0.4) is 0 Å². The van der Waals surface area contributed by atoms with Crippen molar-refractivity contribution in [3.63, 3.8) is 0 Å². The molecule has 3 rings (SSSR count). The first-order valence-corrected chi connectivity index (χ1v) is 15.4. The standard InChI is InChI=1S/C23H29NO4SSi/c1-28-23(25)21-16-19-12-8-9-13-20(19)17-24(22(21)18-10-6-5-7-11-18)29(26,27)14-15-30(2,3)4/h5-13,16,22H,14-15,17H2,1-4H3. The van der Waals surface area contributed by atoms with Gasteiger partial charge in [0.1, 0.15) is 0 Å². The van der Waals surface area contributed by atoms with Gasteiger partial charge in [0.05, 0.1) is 24.5 Å². The number of nitrogens with zero attached hydrogens (tertiary/aromatic N) is 1. The molecule has 1 unspecified atom stereocenters. The van der Waals surface area contributed by atoms with Gasteiger partial charge in [0.15, 0.2) is 0 Å². The summed E-state index contributed by atoms with van der Waals surface area (Å²) in [6.07, 6.45) is 1.77. The summed E-state index contributed by atoms with van der Waals surface area (Å²) < 4.78 is 33.8. The Morgan fingerprint density at radius 3 is 2.33 bits per heavy atom. The van der Waals surface area contributed by atoms with Gasteiger partial charge < -0.3 is 4.74 Å². The number of benzene rings is 2. The van der Waals surface area contributed by atoms with Gasteiger partial charge in [-0.2, -0.15) is 4.31 Å². The monoisotopic (exact) mass is 443 g/mol. The highest BCUT2D eigenvalue weighted by molar-refractivity contribution is 7.89. The Hall–Kier alpha value is -2.22. The molecule has 5 nitrogen and oxygen atoms in total. The number of hydrogen-bond acceptors (Lipinski definition) is 4. The van der Waals surface area contributed by atoms with Gasteiger partial charge in [-0.15, -0.1) is 0 Å². The lowest BCUT2D eigenvalue weighted by molar-refractivity contribution is -0.136. The molecule has 1 heterocycles. The van der Waals surface area contributed by atoms with Crippen LogP contribution in [0.15, 0.2) is 60.2 Å². The van der Waals surface area contributed by atoms with E-state index in [9.17, 15) is 13.2 Å². The lowest BCUT2D eigenvalue weighted by Gasteiger charge is -2.31. The highest BCUT2D eigenvalue weighted by atomic mass is 32.2. The maximum absolute atomic E-state index is 13.6. The van der Waals surface area contributed by atoms with Gasteiger partial charge in [-0.25, -0.2) is 13.2 Å². The lowest BCUT2D eigenvalue weighted by Crippen LogP contribution is -2.39. The largest absolute Gasteiger partial charge is 0.466 e. The van der Waals surface area contributed by atoms with Crippen LogP contribution in [-0.4, -0.2) is 39.6 Å². The number of esters is 1. The van der Waals surface area contributed by atoms with E-state index in [0.717, 1.165) is 16.7 Å². The van der Waals surface area contributed by atoms with Gasteiger partial charge in [0, 0.05) is 14.6 Å². The molecule has 1 aliphatic rings. The summed E-state index contributed by atoms with van der Waals surface area (Å²) in [5.41, 5.74) is 2.78. The number of fused-ring (bicyclic) bond motifs is 1. The Morgan fingerprint density at radius 2 is 1.70 bits per heavy atom. The first-order valence-electron chi connectivity index (χ1n) is 10.0. The number of ether oxygens (including phenoxy) is 1. The third-order valence-electron chi connectivity index (χ3n) is 5.28. The third kappa shape index (κ3) is 5.09. The van der Waals surface area contributed by atoms with E-state index < -0.39 is 30.1 Å². The van der Waals surface area contributed by atoms with Gasteiger partial charge >= 0.3 is 5.97 Å². The molecule has 0 fully saturated rings. The van der Waals surface area contributed by atoms with E-state index >= 15 is 0 Å². The fourth-order valence-electron chi connectivity index (χ4n) is 3.56. The molecule has 0 N–H and O–H groups in total. The highest BCUT2D eigenvalue weighted by Gasteiger charge is 2.39. The second kappa shape index (κ2) is 8.87. The van der Waals surface area contributed by atoms with Gasteiger partial charge in [-0.3, -0.25) is 0 Å². The van der Waals surface area contributed by atoms with Gasteiger partial charge in [-0.05, 0) is 28.8 Å². The molecule has 0 amide bonds. The van der Waals surface area contributed by atoms with Crippen molar-refractivity contribution in [2.45, 2.75) is 38.3 Å². The fourth-order valence-corrected chi connectivity index (χ4v) is 8.17. The summed E-state index contributed by atoms with van der Waals surface area (Å²) in [4.78, 5) is 12.8. The molecule has 30 heavy (non-hydrogen) atoms. The Balaban J connectivity index is 2.19. The molecule has 1 atom stereocenters. The van der Waals surface area contributed by atoms with Crippen molar-refractivity contribution in [1.29, 1.82) is 0 Å². The summed E-state index contributed by atoms with van der Waals surface area (Å²) >= 11 is 0. The van der Waals surface area contributed by atoms with Crippen LogP contribution < -0.4 is 0 Å². The maximum Gasteiger partial charge on any atom is 0.335 e. The lowest BCUT2D eigenvalue weighted by atomic mass is 9.97. The molecule has 0 aliphatic carbocycles. The Bertz CT molecular complexity index is 1040. The minimum Gasteiger partial charge on any atom is -0.466 e. The average Bonchev–Trinajstić information content (AvgIpc) is 2.89. The van der Waals surface area contributed by atoms with Gasteiger partial charge in [0.2, 0.25) is 10.0 Å². The number of carbonyl (C=O) groups is 1. The molecule has 2 aromatic rings. The molecule has 7 heteroatoms. The first-order chi connectivity index (χ1) is 14.1. The Morgan fingerprint density at radius 1 is 1.07 bits per heavy atom. The smallest absolute Gasteiger partial charge is 0.335 e. The summed E-state index contributed by atoms with van der Waals surface area (Å²) in [5, 5.41) is 0. The van der Waals surface area contributed by atoms with Crippen LogP contribution in [0, 0.1) is 0 Å². The fraction of sp³-hybridized carbons (Fsp3) is 0.348. The van der Waals surface area contributed by atoms with Crippen LogP contribution in [0.2, 0.25) is 25.7 Å². The number of rotatable bonds is 6. The van der Waals surface area contributed by atoms with Crippen molar-refractivity contribution < 1.29 is 17.9 Å². The second-order valence-electron chi connectivity index (χ2n) is 8.78. The Labute approximate surface area is 180 Å². The van der Waals surface area contributed by atoms with Crippen molar-refractivity contribution in [1.82, 2.24) is 4.31 Å². The van der Waals surface area contributed by atoms with Crippen LogP contribution in [0.4, 0.5) is 0 Å². The summed E-state index contributed by atoms with van der Waals surface area (Å²) in [6.45, 7) is 6.69. The zero-order valence-corrected chi connectivity index (χ0v) is 19.8. The van der Waals surface area contributed by atoms with E-state index in [1.807, 2.05) is 54.6 Å². The summed E-state index contributed by atoms with van der Waals surface area (Å²) in [6, 6.07) is 16.8. The number of sulfonamides is 1. The summed E-state index contributed by atoms with van der Waals surface area (Å²) in [5.74, 6) is -0.450. The van der Waals surface area contributed by atoms with E-state index in [2.05, 4.69) is 19.6 Å². The molecule has 0 saturated carbocycles. The zero-order valence-electron chi connectivity index (χ0n) is 18.0. The van der Waals surface area contributed by atoms with Crippen LogP contribution >= 0.6 is 0 Å². The van der Waals surface area contributed by atoms with Gasteiger partial charge in [-0.1, -0.05) is 74.2 Å². The molecule has 160 valence electrons. The molecule has 2 aromatic carbocycles. The van der Waals surface area contributed by atoms with E-state index in [1.54, 1.807) is 6.08 Å². The van der Waals surface area contributed by atoms with Crippen molar-refractivity contribution in [3.05, 3.63) is 76.9 Å². The van der Waals surface area contributed by atoms with Crippen molar-refractivity contribution in [2.24, 2.45) is 0 Å². The first kappa shape index (κ1) is 22.5. The van der Waals surface area contributed by atoms with Gasteiger partial charge in [0.25, 0.3) is 0 Å². The minimum absolute atomic E-state index is 0.0721. The zero-order chi connectivity index (χ0) is 21.9. The van der Waals surface area contributed by atoms with Crippen LogP contribution in [0.5, 0.6) is 0 Å². The molecule has 0 saturated heterocycles. The van der Waals surface area contributed by atoms with E-state index in [4.69, 9.17) is 4.74 Å². The average molecular weight is 444 g/mol. The SMILES string of the molecule is COC(=O)C1=Cc2ccccc2CN(S(=O)(=O)CC[Si](C)(C)C)C1c1ccccc1. The third-order valence-corrected chi connectivity index (χ3v) is 9.17. The normalized spacial score (nSPS) is 17.6. The highest BCUT2D eigenvalue weighted by Crippen LogP contribution is 2.38. The van der Waals surface area contributed by atoms with Crippen molar-refractivity contribution >= 4 is 30.1 Å². The molecule has 0 aromatic heterocycles. The van der Waals surface area contributed by atoms with Crippen LogP contribution in [0.25, 0.3) is 6.08 Å². The number of hydrogen-bond donors (Lipinski definition) is 0. The van der Waals surface area contributed by atoms with Crippen molar-refractivity contribution in [3.8, 4) is 0 Å². The molecule has 0 radical (unpaired) electrons. The summed E-state index contributed by atoms with van der Waals surface area (Å²) in [7, 11) is -3.88.